The summed E-state index contributed by atoms with van der Waals surface area (Å²) in [4.78, 5) is 48.5. The predicted molar refractivity (Wildman–Crippen MR) is 228 cm³/mol. The van der Waals surface area contributed by atoms with E-state index in [-0.39, 0.29) is 84.8 Å². The third kappa shape index (κ3) is 13.9. The average Bonchev–Trinajstić information content (AvgIpc) is 3.72. The Morgan fingerprint density at radius 3 is 2.29 bits per heavy atom. The van der Waals surface area contributed by atoms with E-state index in [1.54, 1.807) is 0 Å². The molecule has 3 aliphatic rings. The fourth-order valence-electron chi connectivity index (χ4n) is 7.53. The van der Waals surface area contributed by atoms with Gasteiger partial charge in [-0.05, 0) is 78.4 Å². The topological polar surface area (TPSA) is 192 Å². The first kappa shape index (κ1) is 54.0. The zero-order valence-electron chi connectivity index (χ0n) is 36.6. The van der Waals surface area contributed by atoms with Gasteiger partial charge in [0.05, 0.1) is 39.1 Å². The number of imide groups is 1. The number of pyridine rings is 1. The normalized spacial score (nSPS) is 16.8. The zero-order valence-corrected chi connectivity index (χ0v) is 43.0. The minimum Gasteiger partial charge on any atom is -0.748 e. The molecule has 0 radical (unpaired) electrons. The first-order valence-corrected chi connectivity index (χ1v) is 22.8. The maximum atomic E-state index is 12.5. The van der Waals surface area contributed by atoms with E-state index in [0.717, 1.165) is 70.1 Å². The van der Waals surface area contributed by atoms with Crippen LogP contribution in [0.3, 0.4) is 0 Å². The van der Waals surface area contributed by atoms with E-state index in [1.165, 1.54) is 0 Å². The van der Waals surface area contributed by atoms with Crippen LogP contribution in [0.25, 0.3) is 5.57 Å². The number of halogens is 1. The van der Waals surface area contributed by atoms with Crippen molar-refractivity contribution in [2.75, 3.05) is 17.2 Å². The van der Waals surface area contributed by atoms with Crippen LogP contribution in [0.4, 0.5) is 11.5 Å². The number of fused-ring (bicyclic) bond motifs is 2. The number of allylic oxidation sites excluding steroid dienone is 6. The molecule has 0 spiro atoms. The number of hydrogen-bond acceptors (Lipinski definition) is 12. The number of anilines is 1. The van der Waals surface area contributed by atoms with Crippen molar-refractivity contribution in [2.45, 2.75) is 96.9 Å². The number of aliphatic imine (C=N–C) groups is 1. The van der Waals surface area contributed by atoms with Crippen LogP contribution in [0.2, 0.25) is 5.02 Å². The second kappa shape index (κ2) is 23.2. The maximum absolute atomic E-state index is 12.5. The minimum absolute atomic E-state index is 0. The standard InChI is InChI=1S/C44H49ClN4O7S.2Na.O3S/c1-6-7-25-47-29-33(45)28-35-42(47)46-37(43(35,2)3)20-18-32(31-16-13-30(14-17-31)15-24-41(52)56-49-39(50)22-23-40(49)51)19-21-38-44(4,5)34-11-8-9-12-36(34)48(38)26-10-27-57(53,54)55;;;1-4(2)3/h9,11-14,16-21,28-29H,6-7,10,15,22-27H2,1-5H3,(H,53,54,55);;;/q;2*+1;/p-1. The van der Waals surface area contributed by atoms with E-state index >= 15 is 0 Å². The molecule has 324 valence electrons. The van der Waals surface area contributed by atoms with E-state index in [0.29, 0.717) is 23.1 Å². The fraction of sp³-hybridized carbons (Fsp3) is 0.386. The van der Waals surface area contributed by atoms with Gasteiger partial charge >= 0.3 is 81.5 Å². The van der Waals surface area contributed by atoms with Gasteiger partial charge < -0.3 is 14.3 Å². The summed E-state index contributed by atoms with van der Waals surface area (Å²) in [6.45, 7) is 11.8. The summed E-state index contributed by atoms with van der Waals surface area (Å²) >= 11 is 6.61. The molecule has 2 amide bonds. The molecule has 2 aromatic carbocycles. The van der Waals surface area contributed by atoms with Crippen LogP contribution in [-0.4, -0.2) is 66.5 Å². The van der Waals surface area contributed by atoms with Gasteiger partial charge in [-0.1, -0.05) is 80.9 Å². The second-order valence-electron chi connectivity index (χ2n) is 15.9. The number of hydrogen-bond donors (Lipinski definition) is 0. The Labute approximate surface area is 419 Å². The Kier molecular flexibility index (Phi) is 19.9. The number of benzene rings is 2. The Bertz CT molecular complexity index is 2540. The summed E-state index contributed by atoms with van der Waals surface area (Å²) < 4.78 is 62.0. The van der Waals surface area contributed by atoms with Crippen LogP contribution in [-0.2, 0) is 63.7 Å². The van der Waals surface area contributed by atoms with Crippen LogP contribution in [0, 0.1) is 6.07 Å². The van der Waals surface area contributed by atoms with E-state index in [9.17, 15) is 27.4 Å². The van der Waals surface area contributed by atoms with Gasteiger partial charge in [-0.2, -0.15) is 18.2 Å². The number of aromatic nitrogens is 1. The molecule has 4 heterocycles. The molecule has 0 saturated carbocycles. The number of amides is 2. The summed E-state index contributed by atoms with van der Waals surface area (Å²) in [5.74, 6) is -1.26. The van der Waals surface area contributed by atoms with Gasteiger partial charge in [0, 0.05) is 30.8 Å². The van der Waals surface area contributed by atoms with Gasteiger partial charge in [0.25, 0.3) is 11.8 Å². The number of rotatable bonds is 15. The van der Waals surface area contributed by atoms with Crippen LogP contribution >= 0.6 is 11.6 Å². The summed E-state index contributed by atoms with van der Waals surface area (Å²) in [5, 5.41) is 1.22. The molecule has 3 aromatic rings. The van der Waals surface area contributed by atoms with Crippen molar-refractivity contribution >= 4 is 72.9 Å². The Morgan fingerprint density at radius 1 is 1.02 bits per heavy atom. The van der Waals surface area contributed by atoms with Crippen molar-refractivity contribution < 1.29 is 109 Å². The van der Waals surface area contributed by atoms with Crippen LogP contribution in [0.15, 0.2) is 89.7 Å². The third-order valence-corrected chi connectivity index (χ3v) is 11.8. The average molecular weight is 938 g/mol. The van der Waals surface area contributed by atoms with Crippen molar-refractivity contribution in [3.05, 3.63) is 118 Å². The molecule has 3 aliphatic heterocycles. The number of unbranched alkanes of at least 4 members (excludes halogenated alkanes) is 1. The van der Waals surface area contributed by atoms with Crippen molar-refractivity contribution in [1.29, 1.82) is 0 Å². The first-order chi connectivity index (χ1) is 28.7. The summed E-state index contributed by atoms with van der Waals surface area (Å²) in [5.41, 5.74) is 6.59. The van der Waals surface area contributed by atoms with Gasteiger partial charge in [0.15, 0.2) is 5.71 Å². The number of aryl methyl sites for hydroxylation is 2. The molecule has 14 nitrogen and oxygen atoms in total. The van der Waals surface area contributed by atoms with Crippen molar-refractivity contribution in [3.8, 4) is 0 Å². The molecule has 1 aromatic heterocycles. The van der Waals surface area contributed by atoms with E-state index < -0.39 is 55.1 Å². The molecule has 6 rings (SSSR count). The number of nitrogens with zero attached hydrogens (tertiary/aromatic N) is 4. The molecule has 0 unspecified atom stereocenters. The molecule has 19 heteroatoms. The molecule has 0 N–H and O–H groups in total. The number of carbonyl (C=O) groups is 3. The van der Waals surface area contributed by atoms with Crippen molar-refractivity contribution in [2.24, 2.45) is 4.99 Å². The summed E-state index contributed by atoms with van der Waals surface area (Å²) in [7, 11) is -7.49. The predicted octanol–water partition coefficient (Wildman–Crippen LogP) is 0.392. The summed E-state index contributed by atoms with van der Waals surface area (Å²) in [6, 6.07) is 18.7. The Hall–Kier alpha value is -3.29. The molecule has 63 heavy (non-hydrogen) atoms. The largest absolute Gasteiger partial charge is 1.00 e. The maximum Gasteiger partial charge on any atom is 1.00 e. The molecular weight excluding hydrogens is 890 g/mol. The Balaban J connectivity index is 0.00000169. The molecule has 0 bridgehead atoms. The molecule has 1 saturated heterocycles. The van der Waals surface area contributed by atoms with Gasteiger partial charge in [-0.15, -0.1) is 29.3 Å². The van der Waals surface area contributed by atoms with Gasteiger partial charge in [-0.3, -0.25) is 9.59 Å². The molecule has 1 fully saturated rings. The van der Waals surface area contributed by atoms with Crippen LogP contribution in [0.5, 0.6) is 0 Å². The second-order valence-corrected chi connectivity index (χ2v) is 18.2. The monoisotopic (exact) mass is 937 g/mol. The molecular formula is C44H48ClN4Na2O10S2+. The van der Waals surface area contributed by atoms with Crippen molar-refractivity contribution in [1.82, 2.24) is 5.06 Å². The quantitative estimate of drug-likeness (QED) is 0.0512. The molecule has 0 atom stereocenters. The third-order valence-electron chi connectivity index (χ3n) is 10.8. The van der Waals surface area contributed by atoms with Gasteiger partial charge in [-0.25, -0.2) is 17.8 Å². The Morgan fingerprint density at radius 2 is 1.67 bits per heavy atom. The fourth-order valence-corrected chi connectivity index (χ4v) is 8.24. The minimum atomic E-state index is -4.38. The van der Waals surface area contributed by atoms with E-state index in [2.05, 4.69) is 50.2 Å². The van der Waals surface area contributed by atoms with Gasteiger partial charge in [0.2, 0.25) is 0 Å². The SMILES string of the molecule is CCCC[n+]1cc(Cl)cc2c1N=C(/C=C/C(=C/C=C1/N(CCCS(=O)(=O)[O-])c3cc[c-]cc3C1(C)C)c1ccc(CCC(=O)ON3C(=O)CCC3=O)cc1)C2(C)C.O=S(=O)=O.[Na+].[Na+]. The molecule has 0 aliphatic carbocycles. The van der Waals surface area contributed by atoms with Crippen molar-refractivity contribution in [3.63, 3.8) is 0 Å². The number of hydroxylamine groups is 2. The smallest absolute Gasteiger partial charge is 0.748 e. The first-order valence-electron chi connectivity index (χ1n) is 19.8. The summed E-state index contributed by atoms with van der Waals surface area (Å²) in [6.07, 6.45) is 12.7. The zero-order chi connectivity index (χ0) is 44.7. The van der Waals surface area contributed by atoms with E-state index in [1.807, 2.05) is 79.0 Å². The van der Waals surface area contributed by atoms with Gasteiger partial charge in [0.1, 0.15) is 6.20 Å². The van der Waals surface area contributed by atoms with E-state index in [4.69, 9.17) is 34.1 Å². The number of carbonyl (C=O) groups excluding carboxylic acids is 3. The van der Waals surface area contributed by atoms with Crippen LogP contribution in [0.1, 0.15) is 95.4 Å². The van der Waals surface area contributed by atoms with Crippen LogP contribution < -0.4 is 68.6 Å².